The predicted molar refractivity (Wildman–Crippen MR) is 125 cm³/mol. The first kappa shape index (κ1) is 30.0. The topological polar surface area (TPSA) is 220 Å². The van der Waals surface area contributed by atoms with Crippen molar-refractivity contribution in [3.63, 3.8) is 0 Å². The fourth-order valence-corrected chi connectivity index (χ4v) is 3.28. The van der Waals surface area contributed by atoms with E-state index in [1.807, 2.05) is 0 Å². The number of nitrogens with one attached hydrogen (secondary N) is 3. The van der Waals surface area contributed by atoms with Gasteiger partial charge in [-0.2, -0.15) is 24.4 Å². The van der Waals surface area contributed by atoms with Gasteiger partial charge in [-0.05, 0) is 37.8 Å². The van der Waals surface area contributed by atoms with E-state index in [2.05, 4.69) is 28.6 Å². The van der Waals surface area contributed by atoms with E-state index in [1.165, 1.54) is 11.8 Å². The summed E-state index contributed by atoms with van der Waals surface area (Å²) in [6.45, 7) is 0.455. The van der Waals surface area contributed by atoms with Gasteiger partial charge >= 0.3 is 5.97 Å². The Hall–Kier alpha value is -2.03. The van der Waals surface area contributed by atoms with Gasteiger partial charge in [-0.3, -0.25) is 19.2 Å². The molecule has 0 aromatic heterocycles. The average Bonchev–Trinajstić information content (AvgIpc) is 2.73. The van der Waals surface area contributed by atoms with E-state index in [0.29, 0.717) is 31.6 Å². The second-order valence-electron chi connectivity index (χ2n) is 7.05. The standard InChI is InChI=1S/C18H34N6O6S2/c1-32-7-5-11(16(27)24-13(9-31)18(29)30)22-17(28)12(8-14(21)25)23-15(26)10(20)4-2-3-6-19/h10-13,31H,2-9,19-20H2,1H3,(H2,21,25)(H,22,28)(H,23,26)(H,24,27)(H,29,30). The lowest BCUT2D eigenvalue weighted by atomic mass is 10.1. The number of hydrogen-bond acceptors (Lipinski definition) is 9. The lowest BCUT2D eigenvalue weighted by Crippen LogP contribution is -2.58. The molecule has 14 heteroatoms. The van der Waals surface area contributed by atoms with E-state index in [1.54, 1.807) is 6.26 Å². The van der Waals surface area contributed by atoms with Gasteiger partial charge in [0.15, 0.2) is 0 Å². The molecule has 0 radical (unpaired) electrons. The van der Waals surface area contributed by atoms with Crippen molar-refractivity contribution in [2.24, 2.45) is 17.2 Å². The maximum atomic E-state index is 12.8. The van der Waals surface area contributed by atoms with E-state index in [9.17, 15) is 24.0 Å². The van der Waals surface area contributed by atoms with Crippen molar-refractivity contribution in [2.75, 3.05) is 24.3 Å². The number of amides is 4. The van der Waals surface area contributed by atoms with Crippen molar-refractivity contribution < 1.29 is 29.1 Å². The maximum absolute atomic E-state index is 12.8. The normalized spacial score (nSPS) is 14.5. The largest absolute Gasteiger partial charge is 0.480 e. The van der Waals surface area contributed by atoms with E-state index < -0.39 is 60.2 Å². The molecule has 0 spiro atoms. The molecule has 0 rings (SSSR count). The maximum Gasteiger partial charge on any atom is 0.327 e. The zero-order chi connectivity index (χ0) is 24.7. The molecule has 0 saturated carbocycles. The van der Waals surface area contributed by atoms with E-state index in [-0.39, 0.29) is 12.2 Å². The van der Waals surface area contributed by atoms with Gasteiger partial charge < -0.3 is 38.3 Å². The Morgan fingerprint density at radius 1 is 0.938 bits per heavy atom. The summed E-state index contributed by atoms with van der Waals surface area (Å²) in [4.78, 5) is 60.2. The van der Waals surface area contributed by atoms with Crippen LogP contribution in [0.1, 0.15) is 32.1 Å². The van der Waals surface area contributed by atoms with E-state index >= 15 is 0 Å². The molecule has 0 aliphatic heterocycles. The van der Waals surface area contributed by atoms with Crippen LogP contribution in [0.2, 0.25) is 0 Å². The number of carboxylic acids is 1. The van der Waals surface area contributed by atoms with Gasteiger partial charge in [-0.15, -0.1) is 0 Å². The number of hydrogen-bond donors (Lipinski definition) is 8. The monoisotopic (exact) mass is 494 g/mol. The van der Waals surface area contributed by atoms with Crippen LogP contribution in [0.3, 0.4) is 0 Å². The highest BCUT2D eigenvalue weighted by atomic mass is 32.2. The molecule has 4 atom stereocenters. The molecule has 32 heavy (non-hydrogen) atoms. The molecule has 0 aliphatic rings. The van der Waals surface area contributed by atoms with Crippen molar-refractivity contribution in [3.8, 4) is 0 Å². The zero-order valence-corrected chi connectivity index (χ0v) is 19.8. The van der Waals surface area contributed by atoms with Gasteiger partial charge in [0, 0.05) is 5.75 Å². The molecule has 0 fully saturated rings. The van der Waals surface area contributed by atoms with Gasteiger partial charge in [0.2, 0.25) is 23.6 Å². The minimum atomic E-state index is -1.34. The molecule has 184 valence electrons. The molecular weight excluding hydrogens is 460 g/mol. The van der Waals surface area contributed by atoms with Crippen molar-refractivity contribution in [1.82, 2.24) is 16.0 Å². The fraction of sp³-hybridized carbons (Fsp3) is 0.722. The summed E-state index contributed by atoms with van der Waals surface area (Å²) < 4.78 is 0. The molecule has 0 heterocycles. The Morgan fingerprint density at radius 2 is 1.50 bits per heavy atom. The summed E-state index contributed by atoms with van der Waals surface area (Å²) in [6.07, 6.45) is 3.12. The summed E-state index contributed by atoms with van der Waals surface area (Å²) in [6, 6.07) is -4.59. The van der Waals surface area contributed by atoms with Crippen LogP contribution in [-0.2, 0) is 24.0 Å². The number of nitrogens with two attached hydrogens (primary N) is 3. The molecule has 0 aromatic rings. The number of primary amides is 1. The Labute approximate surface area is 196 Å². The number of aliphatic carboxylic acids is 1. The van der Waals surface area contributed by atoms with Gasteiger partial charge in [0.05, 0.1) is 12.5 Å². The summed E-state index contributed by atoms with van der Waals surface area (Å²) in [5.41, 5.74) is 16.4. The van der Waals surface area contributed by atoms with Crippen LogP contribution < -0.4 is 33.2 Å². The molecule has 0 aliphatic carbocycles. The van der Waals surface area contributed by atoms with Crippen LogP contribution in [-0.4, -0.2) is 83.2 Å². The lowest BCUT2D eigenvalue weighted by molar-refractivity contribution is -0.141. The smallest absolute Gasteiger partial charge is 0.327 e. The second-order valence-corrected chi connectivity index (χ2v) is 8.40. The predicted octanol–water partition coefficient (Wildman–Crippen LogP) is -2.46. The number of thioether (sulfide) groups is 1. The first-order valence-electron chi connectivity index (χ1n) is 10.0. The molecule has 0 aromatic carbocycles. The Balaban J connectivity index is 5.30. The summed E-state index contributed by atoms with van der Waals surface area (Å²) >= 11 is 5.31. The number of thiol groups is 1. The highest BCUT2D eigenvalue weighted by molar-refractivity contribution is 7.98. The Morgan fingerprint density at radius 3 is 2.00 bits per heavy atom. The lowest BCUT2D eigenvalue weighted by Gasteiger charge is -2.24. The minimum absolute atomic E-state index is 0.146. The minimum Gasteiger partial charge on any atom is -0.480 e. The third kappa shape index (κ3) is 12.1. The first-order chi connectivity index (χ1) is 15.1. The van der Waals surface area contributed by atoms with Crippen molar-refractivity contribution in [1.29, 1.82) is 0 Å². The molecule has 0 bridgehead atoms. The summed E-state index contributed by atoms with van der Waals surface area (Å²) in [5.74, 6) is -3.96. The molecule has 4 unspecified atom stereocenters. The molecule has 4 amide bonds. The Bertz CT molecular complexity index is 653. The van der Waals surface area contributed by atoms with Crippen LogP contribution in [0.15, 0.2) is 0 Å². The van der Waals surface area contributed by atoms with Crippen LogP contribution in [0.4, 0.5) is 0 Å². The number of carboxylic acid groups (broad SMARTS) is 1. The zero-order valence-electron chi connectivity index (χ0n) is 18.0. The Kier molecular flexibility index (Phi) is 15.5. The van der Waals surface area contributed by atoms with Crippen LogP contribution in [0, 0.1) is 0 Å². The molecular formula is C18H34N6O6S2. The number of unbranched alkanes of at least 4 members (excludes halogenated alkanes) is 1. The number of carbonyl (C=O) groups is 5. The van der Waals surface area contributed by atoms with Gasteiger partial charge in [0.25, 0.3) is 0 Å². The number of rotatable bonds is 17. The highest BCUT2D eigenvalue weighted by Crippen LogP contribution is 2.05. The quantitative estimate of drug-likeness (QED) is 0.0792. The number of carbonyl (C=O) groups excluding carboxylic acids is 4. The second kappa shape index (κ2) is 16.6. The van der Waals surface area contributed by atoms with E-state index in [0.717, 1.165) is 0 Å². The van der Waals surface area contributed by atoms with Gasteiger partial charge in [-0.25, -0.2) is 4.79 Å². The molecule has 0 saturated heterocycles. The van der Waals surface area contributed by atoms with Gasteiger partial charge in [-0.1, -0.05) is 6.42 Å². The third-order valence-electron chi connectivity index (χ3n) is 4.39. The van der Waals surface area contributed by atoms with Crippen LogP contribution in [0.25, 0.3) is 0 Å². The fourth-order valence-electron chi connectivity index (χ4n) is 2.56. The van der Waals surface area contributed by atoms with Gasteiger partial charge in [0.1, 0.15) is 18.1 Å². The van der Waals surface area contributed by atoms with Crippen LogP contribution in [0.5, 0.6) is 0 Å². The SMILES string of the molecule is CSCCC(NC(=O)C(CC(N)=O)NC(=O)C(N)CCCCN)C(=O)NC(CS)C(=O)O. The summed E-state index contributed by atoms with van der Waals surface area (Å²) in [7, 11) is 0. The van der Waals surface area contributed by atoms with Crippen molar-refractivity contribution >= 4 is 54.0 Å². The average molecular weight is 495 g/mol. The van der Waals surface area contributed by atoms with E-state index in [4.69, 9.17) is 22.3 Å². The molecule has 12 nitrogen and oxygen atoms in total. The highest BCUT2D eigenvalue weighted by Gasteiger charge is 2.30. The third-order valence-corrected chi connectivity index (χ3v) is 5.39. The van der Waals surface area contributed by atoms with Crippen LogP contribution >= 0.6 is 24.4 Å². The summed E-state index contributed by atoms with van der Waals surface area (Å²) in [5, 5.41) is 16.3. The first-order valence-corrected chi connectivity index (χ1v) is 12.1. The van der Waals surface area contributed by atoms with Crippen molar-refractivity contribution in [3.05, 3.63) is 0 Å². The molecule has 10 N–H and O–H groups in total. The van der Waals surface area contributed by atoms with Crippen molar-refractivity contribution in [2.45, 2.75) is 56.3 Å².